The van der Waals surface area contributed by atoms with Crippen LogP contribution in [0.4, 0.5) is 13.2 Å². The standard InChI is InChI=1S/C12H15BrF3N/c1-9-7-10(3-4-11(9)13)8-17-6-2-5-12(14,15)16/h3-4,7,17H,2,5-6,8H2,1H3. The summed E-state index contributed by atoms with van der Waals surface area (Å²) in [7, 11) is 0. The van der Waals surface area contributed by atoms with E-state index in [-0.39, 0.29) is 6.42 Å². The number of hydrogen-bond donors (Lipinski definition) is 1. The van der Waals surface area contributed by atoms with Gasteiger partial charge in [0.1, 0.15) is 0 Å². The van der Waals surface area contributed by atoms with Crippen LogP contribution in [0, 0.1) is 6.92 Å². The van der Waals surface area contributed by atoms with Crippen LogP contribution in [-0.2, 0) is 6.54 Å². The van der Waals surface area contributed by atoms with Crippen molar-refractivity contribution in [1.82, 2.24) is 5.32 Å². The predicted octanol–water partition coefficient (Wildman–Crippen LogP) is 4.19. The highest BCUT2D eigenvalue weighted by atomic mass is 79.9. The number of nitrogens with one attached hydrogen (secondary N) is 1. The molecule has 0 fully saturated rings. The van der Waals surface area contributed by atoms with E-state index in [1.54, 1.807) is 0 Å². The van der Waals surface area contributed by atoms with Crippen molar-refractivity contribution in [2.75, 3.05) is 6.54 Å². The molecule has 5 heteroatoms. The molecule has 0 saturated carbocycles. The Bertz CT molecular complexity index is 363. The molecule has 0 atom stereocenters. The predicted molar refractivity (Wildman–Crippen MR) is 65.9 cm³/mol. The normalized spacial score (nSPS) is 11.8. The maximum Gasteiger partial charge on any atom is 0.389 e. The van der Waals surface area contributed by atoms with Gasteiger partial charge in [-0.2, -0.15) is 13.2 Å². The maximum absolute atomic E-state index is 11.9. The van der Waals surface area contributed by atoms with Gasteiger partial charge in [-0.25, -0.2) is 0 Å². The number of halogens is 4. The Morgan fingerprint density at radius 3 is 2.59 bits per heavy atom. The summed E-state index contributed by atoms with van der Waals surface area (Å²) in [5, 5.41) is 3.01. The van der Waals surface area contributed by atoms with E-state index in [2.05, 4.69) is 21.2 Å². The van der Waals surface area contributed by atoms with Gasteiger partial charge >= 0.3 is 6.18 Å². The third-order valence-electron chi connectivity index (χ3n) is 2.37. The maximum atomic E-state index is 11.9. The van der Waals surface area contributed by atoms with Gasteiger partial charge in [-0.3, -0.25) is 0 Å². The fourth-order valence-electron chi connectivity index (χ4n) is 1.46. The highest BCUT2D eigenvalue weighted by Crippen LogP contribution is 2.21. The van der Waals surface area contributed by atoms with Crippen LogP contribution in [0.1, 0.15) is 24.0 Å². The van der Waals surface area contributed by atoms with E-state index < -0.39 is 12.6 Å². The number of aryl methyl sites for hydroxylation is 1. The summed E-state index contributed by atoms with van der Waals surface area (Å²) in [6.07, 6.45) is -4.64. The smallest absolute Gasteiger partial charge is 0.313 e. The van der Waals surface area contributed by atoms with Gasteiger partial charge in [0, 0.05) is 17.4 Å². The van der Waals surface area contributed by atoms with E-state index in [1.165, 1.54) is 0 Å². The van der Waals surface area contributed by atoms with Gasteiger partial charge in [0.05, 0.1) is 0 Å². The van der Waals surface area contributed by atoms with E-state index in [1.807, 2.05) is 25.1 Å². The third-order valence-corrected chi connectivity index (χ3v) is 3.26. The Kier molecular flexibility index (Phi) is 5.46. The molecule has 0 aliphatic heterocycles. The molecule has 0 aromatic heterocycles. The van der Waals surface area contributed by atoms with Crippen molar-refractivity contribution < 1.29 is 13.2 Å². The van der Waals surface area contributed by atoms with Gasteiger partial charge in [0.2, 0.25) is 0 Å². The van der Waals surface area contributed by atoms with Crippen LogP contribution in [0.15, 0.2) is 22.7 Å². The zero-order valence-electron chi connectivity index (χ0n) is 9.57. The third kappa shape index (κ3) is 6.07. The summed E-state index contributed by atoms with van der Waals surface area (Å²) in [5.74, 6) is 0. The van der Waals surface area contributed by atoms with E-state index in [9.17, 15) is 13.2 Å². The molecule has 0 saturated heterocycles. The molecule has 1 aromatic carbocycles. The minimum Gasteiger partial charge on any atom is -0.313 e. The molecule has 0 spiro atoms. The fraction of sp³-hybridized carbons (Fsp3) is 0.500. The number of benzene rings is 1. The lowest BCUT2D eigenvalue weighted by Crippen LogP contribution is -2.17. The minimum absolute atomic E-state index is 0.124. The number of hydrogen-bond acceptors (Lipinski definition) is 1. The van der Waals surface area contributed by atoms with Crippen molar-refractivity contribution in [1.29, 1.82) is 0 Å². The molecule has 1 nitrogen and oxygen atoms in total. The summed E-state index contributed by atoms with van der Waals surface area (Å²) >= 11 is 3.40. The molecule has 1 rings (SSSR count). The second-order valence-electron chi connectivity index (χ2n) is 3.98. The molecule has 0 amide bonds. The van der Waals surface area contributed by atoms with E-state index in [4.69, 9.17) is 0 Å². The Labute approximate surface area is 108 Å². The summed E-state index contributed by atoms with van der Waals surface area (Å²) in [6.45, 7) is 2.97. The molecule has 1 aromatic rings. The van der Waals surface area contributed by atoms with E-state index in [0.29, 0.717) is 13.1 Å². The second-order valence-corrected chi connectivity index (χ2v) is 4.83. The summed E-state index contributed by atoms with van der Waals surface area (Å²) < 4.78 is 36.7. The van der Waals surface area contributed by atoms with Crippen LogP contribution >= 0.6 is 15.9 Å². The first kappa shape index (κ1) is 14.5. The van der Waals surface area contributed by atoms with E-state index in [0.717, 1.165) is 15.6 Å². The first-order chi connectivity index (χ1) is 7.88. The van der Waals surface area contributed by atoms with Gasteiger partial charge < -0.3 is 5.32 Å². The van der Waals surface area contributed by atoms with Crippen molar-refractivity contribution >= 4 is 15.9 Å². The Morgan fingerprint density at radius 1 is 1.29 bits per heavy atom. The molecule has 0 heterocycles. The SMILES string of the molecule is Cc1cc(CNCCCC(F)(F)F)ccc1Br. The molecule has 0 bridgehead atoms. The van der Waals surface area contributed by atoms with Crippen LogP contribution in [0.5, 0.6) is 0 Å². The molecule has 96 valence electrons. The highest BCUT2D eigenvalue weighted by molar-refractivity contribution is 9.10. The van der Waals surface area contributed by atoms with Crippen molar-refractivity contribution in [2.45, 2.75) is 32.5 Å². The van der Waals surface area contributed by atoms with Crippen LogP contribution in [0.2, 0.25) is 0 Å². The van der Waals surface area contributed by atoms with Crippen LogP contribution in [0.3, 0.4) is 0 Å². The Morgan fingerprint density at radius 2 is 2.00 bits per heavy atom. The lowest BCUT2D eigenvalue weighted by Gasteiger charge is -2.08. The minimum atomic E-state index is -4.05. The molecular weight excluding hydrogens is 295 g/mol. The lowest BCUT2D eigenvalue weighted by atomic mass is 10.1. The molecular formula is C12H15BrF3N. The first-order valence-corrected chi connectivity index (χ1v) is 6.20. The molecule has 0 aliphatic carbocycles. The summed E-state index contributed by atoms with van der Waals surface area (Å²) in [4.78, 5) is 0. The van der Waals surface area contributed by atoms with Gasteiger partial charge in [0.15, 0.2) is 0 Å². The van der Waals surface area contributed by atoms with Crippen LogP contribution in [-0.4, -0.2) is 12.7 Å². The number of rotatable bonds is 5. The zero-order valence-corrected chi connectivity index (χ0v) is 11.2. The second kappa shape index (κ2) is 6.40. The molecule has 1 N–H and O–H groups in total. The quantitative estimate of drug-likeness (QED) is 0.804. The first-order valence-electron chi connectivity index (χ1n) is 5.41. The van der Waals surface area contributed by atoms with Crippen molar-refractivity contribution in [3.8, 4) is 0 Å². The fourth-order valence-corrected chi connectivity index (χ4v) is 1.71. The monoisotopic (exact) mass is 309 g/mol. The van der Waals surface area contributed by atoms with Crippen LogP contribution < -0.4 is 5.32 Å². The Balaban J connectivity index is 2.25. The van der Waals surface area contributed by atoms with Crippen LogP contribution in [0.25, 0.3) is 0 Å². The average Bonchev–Trinajstić information content (AvgIpc) is 2.21. The molecule has 0 radical (unpaired) electrons. The van der Waals surface area contributed by atoms with Gasteiger partial charge in [-0.05, 0) is 37.1 Å². The van der Waals surface area contributed by atoms with Crippen molar-refractivity contribution in [2.24, 2.45) is 0 Å². The summed E-state index contributed by atoms with van der Waals surface area (Å²) in [5.41, 5.74) is 2.21. The highest BCUT2D eigenvalue weighted by Gasteiger charge is 2.25. The van der Waals surface area contributed by atoms with E-state index >= 15 is 0 Å². The van der Waals surface area contributed by atoms with Gasteiger partial charge in [0.25, 0.3) is 0 Å². The van der Waals surface area contributed by atoms with Crippen molar-refractivity contribution in [3.63, 3.8) is 0 Å². The lowest BCUT2D eigenvalue weighted by molar-refractivity contribution is -0.135. The molecule has 0 aliphatic rings. The molecule has 0 unspecified atom stereocenters. The number of alkyl halides is 3. The summed E-state index contributed by atoms with van der Waals surface area (Å²) in [6, 6.07) is 5.91. The topological polar surface area (TPSA) is 12.0 Å². The Hall–Kier alpha value is -0.550. The van der Waals surface area contributed by atoms with Crippen molar-refractivity contribution in [3.05, 3.63) is 33.8 Å². The largest absolute Gasteiger partial charge is 0.389 e. The average molecular weight is 310 g/mol. The molecule has 17 heavy (non-hydrogen) atoms. The zero-order chi connectivity index (χ0) is 12.9. The van der Waals surface area contributed by atoms with Gasteiger partial charge in [-0.15, -0.1) is 0 Å². The van der Waals surface area contributed by atoms with Gasteiger partial charge in [-0.1, -0.05) is 28.1 Å².